The molecule has 28 heavy (non-hydrogen) atoms. The Kier molecular flexibility index (Phi) is 5.63. The third-order valence-electron chi connectivity index (χ3n) is 4.17. The number of nitrogens with zero attached hydrogens (tertiary/aromatic N) is 3. The van der Waals surface area contributed by atoms with Crippen LogP contribution in [0.5, 0.6) is 5.75 Å². The Labute approximate surface area is 164 Å². The van der Waals surface area contributed by atoms with E-state index in [1.807, 2.05) is 51.3 Å². The van der Waals surface area contributed by atoms with Crippen LogP contribution in [0.25, 0.3) is 5.82 Å². The summed E-state index contributed by atoms with van der Waals surface area (Å²) in [6, 6.07) is 10.8. The number of nitrogens with one attached hydrogen (secondary N) is 1. The zero-order valence-electron chi connectivity index (χ0n) is 16.7. The Bertz CT molecular complexity index is 997. The topological polar surface area (TPSA) is 81.7 Å². The van der Waals surface area contributed by atoms with Crippen LogP contribution in [-0.4, -0.2) is 27.9 Å². The minimum atomic E-state index is -0.284. The van der Waals surface area contributed by atoms with Crippen LogP contribution in [0.1, 0.15) is 46.9 Å². The van der Waals surface area contributed by atoms with Gasteiger partial charge in [0.25, 0.3) is 5.91 Å². The SMILES string of the molecule is Cc1cc(-n2c(C)cc(/C=N\NC(=O)c3ccc(OC(C)C)cc3)c2C)no1. The summed E-state index contributed by atoms with van der Waals surface area (Å²) in [5.41, 5.74) is 5.91. The number of benzene rings is 1. The van der Waals surface area contributed by atoms with E-state index in [2.05, 4.69) is 15.7 Å². The lowest BCUT2D eigenvalue weighted by Crippen LogP contribution is -2.17. The van der Waals surface area contributed by atoms with E-state index in [0.29, 0.717) is 5.56 Å². The lowest BCUT2D eigenvalue weighted by atomic mass is 10.2. The number of hydrogen-bond acceptors (Lipinski definition) is 5. The lowest BCUT2D eigenvalue weighted by molar-refractivity contribution is 0.0955. The summed E-state index contributed by atoms with van der Waals surface area (Å²) >= 11 is 0. The number of carbonyl (C=O) groups is 1. The molecule has 7 heteroatoms. The van der Waals surface area contributed by atoms with Crippen molar-refractivity contribution in [3.63, 3.8) is 0 Å². The van der Waals surface area contributed by atoms with Gasteiger partial charge >= 0.3 is 0 Å². The molecule has 7 nitrogen and oxygen atoms in total. The van der Waals surface area contributed by atoms with E-state index < -0.39 is 0 Å². The molecule has 0 unspecified atom stereocenters. The van der Waals surface area contributed by atoms with Crippen molar-refractivity contribution in [2.45, 2.75) is 40.7 Å². The number of aromatic nitrogens is 2. The highest BCUT2D eigenvalue weighted by Gasteiger charge is 2.12. The Morgan fingerprint density at radius 2 is 1.93 bits per heavy atom. The smallest absolute Gasteiger partial charge is 0.271 e. The monoisotopic (exact) mass is 380 g/mol. The molecule has 0 saturated carbocycles. The van der Waals surface area contributed by atoms with Gasteiger partial charge in [-0.2, -0.15) is 5.10 Å². The molecule has 2 aromatic heterocycles. The number of rotatable bonds is 6. The number of hydrogen-bond donors (Lipinski definition) is 1. The minimum absolute atomic E-state index is 0.0874. The number of ether oxygens (including phenoxy) is 1. The molecule has 146 valence electrons. The highest BCUT2D eigenvalue weighted by atomic mass is 16.5. The summed E-state index contributed by atoms with van der Waals surface area (Å²) in [5.74, 6) is 1.91. The Morgan fingerprint density at radius 3 is 2.54 bits per heavy atom. The van der Waals surface area contributed by atoms with Gasteiger partial charge in [0.05, 0.1) is 12.3 Å². The Balaban J connectivity index is 1.68. The van der Waals surface area contributed by atoms with Gasteiger partial charge in [-0.05, 0) is 65.0 Å². The van der Waals surface area contributed by atoms with Crippen LogP contribution in [0.3, 0.4) is 0 Å². The Hall–Kier alpha value is -3.35. The summed E-state index contributed by atoms with van der Waals surface area (Å²) in [7, 11) is 0. The number of aryl methyl sites for hydroxylation is 2. The molecule has 0 saturated heterocycles. The molecular weight excluding hydrogens is 356 g/mol. The zero-order valence-corrected chi connectivity index (χ0v) is 16.7. The average Bonchev–Trinajstić information content (AvgIpc) is 3.17. The normalized spacial score (nSPS) is 11.4. The van der Waals surface area contributed by atoms with Crippen LogP contribution in [0, 0.1) is 20.8 Å². The van der Waals surface area contributed by atoms with E-state index in [9.17, 15) is 4.79 Å². The van der Waals surface area contributed by atoms with Crippen LogP contribution in [-0.2, 0) is 0 Å². The highest BCUT2D eigenvalue weighted by molar-refractivity contribution is 5.95. The molecule has 2 heterocycles. The van der Waals surface area contributed by atoms with Crippen LogP contribution in [0.2, 0.25) is 0 Å². The van der Waals surface area contributed by atoms with Gasteiger partial charge in [0.2, 0.25) is 0 Å². The van der Waals surface area contributed by atoms with Crippen molar-refractivity contribution in [1.29, 1.82) is 0 Å². The molecule has 0 aliphatic heterocycles. The molecule has 0 radical (unpaired) electrons. The van der Waals surface area contributed by atoms with E-state index in [1.54, 1.807) is 30.5 Å². The van der Waals surface area contributed by atoms with E-state index in [0.717, 1.165) is 34.3 Å². The maximum Gasteiger partial charge on any atom is 0.271 e. The van der Waals surface area contributed by atoms with Gasteiger partial charge in [-0.3, -0.25) is 9.36 Å². The first-order valence-corrected chi connectivity index (χ1v) is 9.08. The Morgan fingerprint density at radius 1 is 1.21 bits per heavy atom. The second-order valence-electron chi connectivity index (χ2n) is 6.85. The van der Waals surface area contributed by atoms with E-state index >= 15 is 0 Å². The van der Waals surface area contributed by atoms with Crippen LogP contribution in [0.4, 0.5) is 0 Å². The first kappa shape index (κ1) is 19.4. The molecule has 0 aliphatic carbocycles. The summed E-state index contributed by atoms with van der Waals surface area (Å²) in [5, 5.41) is 8.15. The van der Waals surface area contributed by atoms with Crippen LogP contribution < -0.4 is 10.2 Å². The molecule has 0 fully saturated rings. The van der Waals surface area contributed by atoms with Crippen LogP contribution >= 0.6 is 0 Å². The van der Waals surface area contributed by atoms with Crippen molar-refractivity contribution in [3.8, 4) is 11.6 Å². The van der Waals surface area contributed by atoms with Crippen molar-refractivity contribution in [1.82, 2.24) is 15.1 Å². The molecule has 1 N–H and O–H groups in total. The van der Waals surface area contributed by atoms with Gasteiger partial charge < -0.3 is 9.26 Å². The van der Waals surface area contributed by atoms with Crippen molar-refractivity contribution in [2.24, 2.45) is 5.10 Å². The first-order valence-electron chi connectivity index (χ1n) is 9.08. The maximum absolute atomic E-state index is 12.3. The fourth-order valence-electron chi connectivity index (χ4n) is 2.91. The summed E-state index contributed by atoms with van der Waals surface area (Å²) in [6.45, 7) is 9.71. The zero-order chi connectivity index (χ0) is 20.3. The molecule has 0 bridgehead atoms. The first-order chi connectivity index (χ1) is 13.3. The van der Waals surface area contributed by atoms with E-state index in [1.165, 1.54) is 0 Å². The van der Waals surface area contributed by atoms with Gasteiger partial charge in [0.15, 0.2) is 5.82 Å². The predicted octanol–water partition coefficient (Wildman–Crippen LogP) is 3.94. The lowest BCUT2D eigenvalue weighted by Gasteiger charge is -2.09. The van der Waals surface area contributed by atoms with Gasteiger partial charge in [-0.25, -0.2) is 5.43 Å². The fourth-order valence-corrected chi connectivity index (χ4v) is 2.91. The quantitative estimate of drug-likeness (QED) is 0.519. The number of hydrazone groups is 1. The maximum atomic E-state index is 12.3. The van der Waals surface area contributed by atoms with Crippen molar-refractivity contribution >= 4 is 12.1 Å². The predicted molar refractivity (Wildman–Crippen MR) is 107 cm³/mol. The molecule has 0 atom stereocenters. The van der Waals surface area contributed by atoms with Crippen molar-refractivity contribution in [3.05, 3.63) is 64.7 Å². The molecule has 3 aromatic rings. The fraction of sp³-hybridized carbons (Fsp3) is 0.286. The number of carbonyl (C=O) groups excluding carboxylic acids is 1. The van der Waals surface area contributed by atoms with Gasteiger partial charge in [0.1, 0.15) is 11.5 Å². The largest absolute Gasteiger partial charge is 0.491 e. The van der Waals surface area contributed by atoms with Gasteiger partial charge in [-0.15, -0.1) is 0 Å². The summed E-state index contributed by atoms with van der Waals surface area (Å²) < 4.78 is 12.7. The third kappa shape index (κ3) is 4.31. The van der Waals surface area contributed by atoms with E-state index in [-0.39, 0.29) is 12.0 Å². The molecular formula is C21H24N4O3. The third-order valence-corrected chi connectivity index (χ3v) is 4.17. The second kappa shape index (κ2) is 8.12. The van der Waals surface area contributed by atoms with E-state index in [4.69, 9.17) is 9.26 Å². The molecule has 1 aromatic carbocycles. The van der Waals surface area contributed by atoms with Crippen LogP contribution in [0.15, 0.2) is 46.0 Å². The standard InChI is InChI=1S/C21H24N4O3/c1-13(2)27-19-8-6-17(7-9-19)21(26)23-22-12-18-10-14(3)25(16(18)5)20-11-15(4)28-24-20/h6-13H,1-5H3,(H,23,26)/b22-12-. The van der Waals surface area contributed by atoms with Gasteiger partial charge in [-0.1, -0.05) is 5.16 Å². The molecule has 0 spiro atoms. The minimum Gasteiger partial charge on any atom is -0.491 e. The van der Waals surface area contributed by atoms with Crippen molar-refractivity contribution in [2.75, 3.05) is 0 Å². The molecule has 1 amide bonds. The molecule has 3 rings (SSSR count). The summed E-state index contributed by atoms with van der Waals surface area (Å²) in [6.07, 6.45) is 1.71. The van der Waals surface area contributed by atoms with Gasteiger partial charge in [0, 0.05) is 28.6 Å². The molecule has 0 aliphatic rings. The number of amides is 1. The highest BCUT2D eigenvalue weighted by Crippen LogP contribution is 2.19. The second-order valence-corrected chi connectivity index (χ2v) is 6.85. The van der Waals surface area contributed by atoms with Crippen molar-refractivity contribution < 1.29 is 14.1 Å². The summed E-state index contributed by atoms with van der Waals surface area (Å²) in [4.78, 5) is 12.3. The average molecular weight is 380 g/mol.